The molecule has 0 aliphatic heterocycles. The van der Waals surface area contributed by atoms with E-state index in [0.29, 0.717) is 41.9 Å². The summed E-state index contributed by atoms with van der Waals surface area (Å²) < 4.78 is 24.8. The molecule has 0 saturated heterocycles. The first-order valence-corrected chi connectivity index (χ1v) is 16.3. The van der Waals surface area contributed by atoms with Crippen molar-refractivity contribution in [3.05, 3.63) is 71.9 Å². The highest BCUT2D eigenvalue weighted by Gasteiger charge is 2.22. The highest BCUT2D eigenvalue weighted by Crippen LogP contribution is 2.33. The maximum Gasteiger partial charge on any atom is 0.341 e. The highest BCUT2D eigenvalue weighted by molar-refractivity contribution is 6.76. The first-order chi connectivity index (χ1) is 18.2. The summed E-state index contributed by atoms with van der Waals surface area (Å²) in [6.07, 6.45) is 1.69. The average molecular weight is 534 g/mol. The second-order valence-electron chi connectivity index (χ2n) is 10.3. The number of pyridine rings is 1. The molecule has 0 bridgehead atoms. The number of nitrogens with zero attached hydrogens (tertiary/aromatic N) is 3. The fourth-order valence-corrected chi connectivity index (χ4v) is 4.69. The predicted octanol–water partition coefficient (Wildman–Crippen LogP) is 6.70. The van der Waals surface area contributed by atoms with Gasteiger partial charge in [-0.2, -0.15) is 0 Å². The Kier molecular flexibility index (Phi) is 8.61. The first-order valence-electron chi connectivity index (χ1n) is 12.6. The maximum absolute atomic E-state index is 12.7. The van der Waals surface area contributed by atoms with Gasteiger partial charge in [-0.15, -0.1) is 0 Å². The number of benzene rings is 2. The molecule has 0 aliphatic rings. The lowest BCUT2D eigenvalue weighted by molar-refractivity contribution is 0.0598. The van der Waals surface area contributed by atoms with Gasteiger partial charge >= 0.3 is 5.97 Å². The molecule has 200 valence electrons. The van der Waals surface area contributed by atoms with Crippen LogP contribution in [0.5, 0.6) is 11.5 Å². The summed E-state index contributed by atoms with van der Waals surface area (Å²) in [6, 6.07) is 17.8. The van der Waals surface area contributed by atoms with E-state index in [9.17, 15) is 4.79 Å². The minimum absolute atomic E-state index is 0.0358. The van der Waals surface area contributed by atoms with Gasteiger partial charge in [0.05, 0.1) is 24.2 Å². The number of imidazole rings is 1. The lowest BCUT2D eigenvalue weighted by atomic mass is 10.1. The molecule has 0 N–H and O–H groups in total. The van der Waals surface area contributed by atoms with E-state index < -0.39 is 14.0 Å². The molecule has 0 fully saturated rings. The van der Waals surface area contributed by atoms with Gasteiger partial charge in [-0.25, -0.2) is 9.78 Å². The van der Waals surface area contributed by atoms with Crippen LogP contribution in [-0.2, 0) is 20.9 Å². The van der Waals surface area contributed by atoms with Crippen molar-refractivity contribution in [3.8, 4) is 23.0 Å². The lowest BCUT2D eigenvalue weighted by Crippen LogP contribution is -2.22. The van der Waals surface area contributed by atoms with Gasteiger partial charge in [0.15, 0.2) is 5.82 Å². The zero-order chi connectivity index (χ0) is 27.3. The quantitative estimate of drug-likeness (QED) is 0.120. The molecule has 0 radical (unpaired) electrons. The van der Waals surface area contributed by atoms with Crippen molar-refractivity contribution < 1.29 is 23.7 Å². The van der Waals surface area contributed by atoms with E-state index in [4.69, 9.17) is 23.9 Å². The van der Waals surface area contributed by atoms with Crippen molar-refractivity contribution >= 4 is 25.1 Å². The monoisotopic (exact) mass is 533 g/mol. The number of carbonyl (C=O) groups excluding carboxylic acids is 1. The van der Waals surface area contributed by atoms with Crippen LogP contribution in [0.25, 0.3) is 22.6 Å². The van der Waals surface area contributed by atoms with Crippen LogP contribution >= 0.6 is 0 Å². The Balaban J connectivity index is 1.76. The van der Waals surface area contributed by atoms with Crippen molar-refractivity contribution in [2.75, 3.05) is 20.8 Å². The van der Waals surface area contributed by atoms with Crippen LogP contribution in [0, 0.1) is 0 Å². The molecule has 2 aromatic heterocycles. The third-order valence-electron chi connectivity index (χ3n) is 6.30. The topological polar surface area (TPSA) is 84.7 Å². The Morgan fingerprint density at radius 2 is 1.82 bits per heavy atom. The van der Waals surface area contributed by atoms with Gasteiger partial charge in [-0.05, 0) is 48.9 Å². The largest absolute Gasteiger partial charge is 0.465 e. The summed E-state index contributed by atoms with van der Waals surface area (Å²) in [5, 5.41) is 0. The number of esters is 1. The first kappa shape index (κ1) is 27.5. The summed E-state index contributed by atoms with van der Waals surface area (Å²) in [7, 11) is 1.78. The fraction of sp³-hybridized carbons (Fsp3) is 0.345. The number of fused-ring (bicyclic) bond motifs is 1. The number of hydrogen-bond acceptors (Lipinski definition) is 7. The van der Waals surface area contributed by atoms with Gasteiger partial charge in [0, 0.05) is 34.1 Å². The minimum Gasteiger partial charge on any atom is -0.465 e. The van der Waals surface area contributed by atoms with Crippen LogP contribution in [0.1, 0.15) is 28.9 Å². The molecule has 0 saturated carbocycles. The second kappa shape index (κ2) is 11.9. The van der Waals surface area contributed by atoms with Crippen LogP contribution in [-0.4, -0.2) is 49.4 Å². The third-order valence-corrected chi connectivity index (χ3v) is 8.00. The van der Waals surface area contributed by atoms with Crippen molar-refractivity contribution in [2.24, 2.45) is 0 Å². The molecule has 1 unspecified atom stereocenters. The Labute approximate surface area is 224 Å². The zero-order valence-electron chi connectivity index (χ0n) is 22.9. The number of hydrogen-bond donors (Lipinski definition) is 0. The lowest BCUT2D eigenvalue weighted by Gasteiger charge is -2.16. The van der Waals surface area contributed by atoms with Gasteiger partial charge < -0.3 is 18.9 Å². The van der Waals surface area contributed by atoms with Gasteiger partial charge in [0.1, 0.15) is 29.5 Å². The van der Waals surface area contributed by atoms with E-state index >= 15 is 0 Å². The van der Waals surface area contributed by atoms with E-state index in [1.165, 1.54) is 7.11 Å². The zero-order valence-corrected chi connectivity index (χ0v) is 23.9. The standard InChI is InChI=1S/C29H35N3O5Si/c1-20(34-2)21-10-12-22(13-11-21)37-27-18-26-25(17-23(27)29(33)35-3)31-28(24-9-7-8-14-30-24)32(26)19-36-15-16-38(4,5)6/h7-14,17-18,20H,15-16,19H2,1-6H3. The van der Waals surface area contributed by atoms with Crippen molar-refractivity contribution in [3.63, 3.8) is 0 Å². The summed E-state index contributed by atoms with van der Waals surface area (Å²) in [5.41, 5.74) is 3.41. The van der Waals surface area contributed by atoms with Crippen LogP contribution in [0.3, 0.4) is 0 Å². The number of methoxy groups -OCH3 is 2. The maximum atomic E-state index is 12.7. The summed E-state index contributed by atoms with van der Waals surface area (Å²) in [5.74, 6) is 1.10. The van der Waals surface area contributed by atoms with E-state index in [0.717, 1.165) is 17.1 Å². The second-order valence-corrected chi connectivity index (χ2v) is 15.9. The molecule has 4 aromatic rings. The van der Waals surface area contributed by atoms with Crippen molar-refractivity contribution in [1.82, 2.24) is 14.5 Å². The summed E-state index contributed by atoms with van der Waals surface area (Å²) in [6.45, 7) is 9.90. The Morgan fingerprint density at radius 1 is 1.05 bits per heavy atom. The molecule has 0 spiro atoms. The molecule has 9 heteroatoms. The molecule has 2 heterocycles. The van der Waals surface area contributed by atoms with Crippen molar-refractivity contribution in [2.45, 2.75) is 45.4 Å². The molecule has 2 aromatic carbocycles. The SMILES string of the molecule is COC(=O)c1cc2nc(-c3ccccn3)n(COCC[Si](C)(C)C)c2cc1Oc1ccc(C(C)OC)cc1. The van der Waals surface area contributed by atoms with Gasteiger partial charge in [0.2, 0.25) is 0 Å². The van der Waals surface area contributed by atoms with E-state index in [1.807, 2.05) is 60.0 Å². The smallest absolute Gasteiger partial charge is 0.341 e. The molecule has 1 atom stereocenters. The average Bonchev–Trinajstić information content (AvgIpc) is 3.27. The molecule has 38 heavy (non-hydrogen) atoms. The van der Waals surface area contributed by atoms with E-state index in [1.54, 1.807) is 19.4 Å². The number of ether oxygens (including phenoxy) is 4. The van der Waals surface area contributed by atoms with Crippen LogP contribution in [0.2, 0.25) is 25.7 Å². The van der Waals surface area contributed by atoms with Crippen LogP contribution in [0.4, 0.5) is 0 Å². The fourth-order valence-electron chi connectivity index (χ4n) is 3.93. The Bertz CT molecular complexity index is 1380. The summed E-state index contributed by atoms with van der Waals surface area (Å²) in [4.78, 5) is 22.1. The normalized spacial score (nSPS) is 12.5. The van der Waals surface area contributed by atoms with Crippen LogP contribution in [0.15, 0.2) is 60.8 Å². The number of rotatable bonds is 11. The van der Waals surface area contributed by atoms with Crippen LogP contribution < -0.4 is 4.74 Å². The molecule has 0 amide bonds. The molecular formula is C29H35N3O5Si. The third kappa shape index (κ3) is 6.47. The Hall–Kier alpha value is -3.53. The molecule has 8 nitrogen and oxygen atoms in total. The number of carbonyl (C=O) groups is 1. The van der Waals surface area contributed by atoms with Crippen molar-refractivity contribution in [1.29, 1.82) is 0 Å². The molecule has 0 aliphatic carbocycles. The summed E-state index contributed by atoms with van der Waals surface area (Å²) >= 11 is 0. The Morgan fingerprint density at radius 3 is 2.45 bits per heavy atom. The van der Waals surface area contributed by atoms with E-state index in [2.05, 4.69) is 24.6 Å². The molecule has 4 rings (SSSR count). The number of aromatic nitrogens is 3. The molecular weight excluding hydrogens is 498 g/mol. The minimum atomic E-state index is -1.24. The van der Waals surface area contributed by atoms with Gasteiger partial charge in [-0.1, -0.05) is 37.8 Å². The van der Waals surface area contributed by atoms with Gasteiger partial charge in [-0.3, -0.25) is 9.55 Å². The predicted molar refractivity (Wildman–Crippen MR) is 150 cm³/mol. The van der Waals surface area contributed by atoms with Gasteiger partial charge in [0.25, 0.3) is 0 Å². The van der Waals surface area contributed by atoms with E-state index in [-0.39, 0.29) is 11.7 Å². The highest BCUT2D eigenvalue weighted by atomic mass is 28.3.